The number of anilines is 1. The lowest BCUT2D eigenvalue weighted by Crippen LogP contribution is -2.34. The maximum absolute atomic E-state index is 13.2. The molecular formula is C19H15Cl3N2O3. The minimum absolute atomic E-state index is 0.160. The average molecular weight is 426 g/mol. The molecule has 8 heteroatoms. The lowest BCUT2D eigenvalue weighted by Gasteiger charge is -2.20. The van der Waals surface area contributed by atoms with Crippen LogP contribution in [0.3, 0.4) is 0 Å². The number of aliphatic hydroxyl groups is 1. The number of amides is 2. The van der Waals surface area contributed by atoms with Crippen molar-refractivity contribution >= 4 is 57.9 Å². The Morgan fingerprint density at radius 2 is 1.59 bits per heavy atom. The van der Waals surface area contributed by atoms with Gasteiger partial charge >= 0.3 is 0 Å². The van der Waals surface area contributed by atoms with Gasteiger partial charge in [-0.3, -0.25) is 9.59 Å². The van der Waals surface area contributed by atoms with Gasteiger partial charge in [0.2, 0.25) is 0 Å². The van der Waals surface area contributed by atoms with Gasteiger partial charge in [0.25, 0.3) is 11.8 Å². The van der Waals surface area contributed by atoms with Crippen LogP contribution in [-0.4, -0.2) is 42.0 Å². The van der Waals surface area contributed by atoms with Gasteiger partial charge in [-0.25, -0.2) is 4.90 Å². The van der Waals surface area contributed by atoms with E-state index < -0.39 is 11.8 Å². The molecule has 0 saturated heterocycles. The number of carbonyl (C=O) groups excluding carboxylic acids is 2. The summed E-state index contributed by atoms with van der Waals surface area (Å²) in [5, 5.41) is 10.4. The van der Waals surface area contributed by atoms with Crippen LogP contribution >= 0.6 is 34.8 Å². The van der Waals surface area contributed by atoms with Gasteiger partial charge in [-0.1, -0.05) is 40.9 Å². The average Bonchev–Trinajstić information content (AvgIpc) is 2.87. The lowest BCUT2D eigenvalue weighted by atomic mass is 10.0. The zero-order chi connectivity index (χ0) is 19.7. The quantitative estimate of drug-likeness (QED) is 0.739. The van der Waals surface area contributed by atoms with Crippen molar-refractivity contribution in [1.29, 1.82) is 0 Å². The Kier molecular flexibility index (Phi) is 5.77. The SMILES string of the molecule is CN(CCO)C1=C(c2ccc(Cl)cc2Cl)C(=O)N(c2ccc(Cl)cc2)C1=O. The normalized spacial score (nSPS) is 14.3. The molecule has 0 aromatic heterocycles. The van der Waals surface area contributed by atoms with Crippen LogP contribution in [0.1, 0.15) is 5.56 Å². The number of hydrogen-bond acceptors (Lipinski definition) is 4. The molecule has 2 aromatic rings. The van der Waals surface area contributed by atoms with Crippen LogP contribution in [0.15, 0.2) is 48.2 Å². The third kappa shape index (κ3) is 3.69. The Hall–Kier alpha value is -2.05. The largest absolute Gasteiger partial charge is 0.395 e. The highest BCUT2D eigenvalue weighted by Gasteiger charge is 2.42. The van der Waals surface area contributed by atoms with Crippen LogP contribution in [0.25, 0.3) is 5.57 Å². The molecule has 0 aliphatic carbocycles. The Bertz CT molecular complexity index is 942. The smallest absolute Gasteiger partial charge is 0.282 e. The molecule has 0 radical (unpaired) electrons. The van der Waals surface area contributed by atoms with Crippen LogP contribution in [0.5, 0.6) is 0 Å². The number of halogens is 3. The second kappa shape index (κ2) is 7.90. The van der Waals surface area contributed by atoms with E-state index in [4.69, 9.17) is 34.8 Å². The third-order valence-corrected chi connectivity index (χ3v) is 4.96. The first kappa shape index (κ1) is 19.7. The highest BCUT2D eigenvalue weighted by Crippen LogP contribution is 2.38. The second-order valence-corrected chi connectivity index (χ2v) is 7.20. The number of nitrogens with zero attached hydrogens (tertiary/aromatic N) is 2. The van der Waals surface area contributed by atoms with Gasteiger partial charge in [-0.2, -0.15) is 0 Å². The van der Waals surface area contributed by atoms with Gasteiger partial charge in [0.15, 0.2) is 0 Å². The molecule has 0 atom stereocenters. The zero-order valence-electron chi connectivity index (χ0n) is 14.2. The molecule has 0 unspecified atom stereocenters. The topological polar surface area (TPSA) is 60.9 Å². The first-order chi connectivity index (χ1) is 12.8. The highest BCUT2D eigenvalue weighted by molar-refractivity contribution is 6.47. The molecular weight excluding hydrogens is 411 g/mol. The molecule has 0 spiro atoms. The third-order valence-electron chi connectivity index (χ3n) is 4.16. The number of hydrogen-bond donors (Lipinski definition) is 1. The van der Waals surface area contributed by atoms with Gasteiger partial charge in [-0.15, -0.1) is 0 Å². The Balaban J connectivity index is 2.16. The van der Waals surface area contributed by atoms with E-state index in [0.717, 1.165) is 4.90 Å². The van der Waals surface area contributed by atoms with Crippen molar-refractivity contribution in [3.8, 4) is 0 Å². The molecule has 2 amide bonds. The predicted octanol–water partition coefficient (Wildman–Crippen LogP) is 3.86. The van der Waals surface area contributed by atoms with E-state index in [2.05, 4.69) is 0 Å². The number of aliphatic hydroxyl groups excluding tert-OH is 1. The zero-order valence-corrected chi connectivity index (χ0v) is 16.5. The number of likely N-dealkylation sites (N-methyl/N-ethyl adjacent to an activating group) is 1. The summed E-state index contributed by atoms with van der Waals surface area (Å²) >= 11 is 18.2. The van der Waals surface area contributed by atoms with E-state index in [1.807, 2.05) is 0 Å². The molecule has 1 aliphatic rings. The Morgan fingerprint density at radius 3 is 2.19 bits per heavy atom. The van der Waals surface area contributed by atoms with Crippen molar-refractivity contribution in [2.45, 2.75) is 0 Å². The molecule has 0 saturated carbocycles. The fourth-order valence-electron chi connectivity index (χ4n) is 2.89. The predicted molar refractivity (Wildman–Crippen MR) is 107 cm³/mol. The maximum atomic E-state index is 13.2. The van der Waals surface area contributed by atoms with Gasteiger partial charge in [0, 0.05) is 29.2 Å². The van der Waals surface area contributed by atoms with Crippen LogP contribution in [0.2, 0.25) is 15.1 Å². The molecule has 5 nitrogen and oxygen atoms in total. The van der Waals surface area contributed by atoms with Crippen LogP contribution in [-0.2, 0) is 9.59 Å². The summed E-state index contributed by atoms with van der Waals surface area (Å²) < 4.78 is 0. The molecule has 1 N–H and O–H groups in total. The van der Waals surface area contributed by atoms with E-state index in [9.17, 15) is 14.7 Å². The number of rotatable bonds is 5. The Labute approximate surface area is 171 Å². The summed E-state index contributed by atoms with van der Waals surface area (Å²) in [5.41, 5.74) is 1.11. The number of carbonyl (C=O) groups is 2. The standard InChI is InChI=1S/C19H15Cl3N2O3/c1-23(8-9-25)17-16(14-7-4-12(21)10-15(14)22)18(26)24(19(17)27)13-5-2-11(20)3-6-13/h2-7,10,25H,8-9H2,1H3. The van der Waals surface area contributed by atoms with Gasteiger partial charge < -0.3 is 10.0 Å². The molecule has 1 heterocycles. The molecule has 27 heavy (non-hydrogen) atoms. The van der Waals surface area contributed by atoms with Gasteiger partial charge in [0.05, 0.1) is 22.9 Å². The molecule has 3 rings (SSSR count). The molecule has 0 fully saturated rings. The monoisotopic (exact) mass is 424 g/mol. The molecule has 2 aromatic carbocycles. The van der Waals surface area contributed by atoms with Crippen molar-refractivity contribution in [1.82, 2.24) is 4.90 Å². The van der Waals surface area contributed by atoms with Crippen molar-refractivity contribution in [2.24, 2.45) is 0 Å². The van der Waals surface area contributed by atoms with E-state index in [1.165, 1.54) is 11.0 Å². The van der Waals surface area contributed by atoms with Crippen molar-refractivity contribution in [3.05, 3.63) is 68.8 Å². The summed E-state index contributed by atoms with van der Waals surface area (Å²) in [5.74, 6) is -1.01. The molecule has 140 valence electrons. The van der Waals surface area contributed by atoms with E-state index in [1.54, 1.807) is 43.4 Å². The first-order valence-electron chi connectivity index (χ1n) is 8.01. The van der Waals surface area contributed by atoms with E-state index >= 15 is 0 Å². The Morgan fingerprint density at radius 1 is 0.963 bits per heavy atom. The minimum atomic E-state index is -0.508. The summed E-state index contributed by atoms with van der Waals surface area (Å²) in [6, 6.07) is 11.1. The summed E-state index contributed by atoms with van der Waals surface area (Å²) in [4.78, 5) is 28.9. The van der Waals surface area contributed by atoms with Crippen LogP contribution in [0, 0.1) is 0 Å². The van der Waals surface area contributed by atoms with Crippen molar-refractivity contribution < 1.29 is 14.7 Å². The van der Waals surface area contributed by atoms with Gasteiger partial charge in [0.1, 0.15) is 5.70 Å². The number of imide groups is 1. The van der Waals surface area contributed by atoms with Crippen LogP contribution in [0.4, 0.5) is 5.69 Å². The number of benzene rings is 2. The van der Waals surface area contributed by atoms with Gasteiger partial charge in [-0.05, 0) is 36.4 Å². The summed E-state index contributed by atoms with van der Waals surface area (Å²) in [6.45, 7) is 0.00155. The van der Waals surface area contributed by atoms with E-state index in [-0.39, 0.29) is 29.4 Å². The minimum Gasteiger partial charge on any atom is -0.395 e. The molecule has 1 aliphatic heterocycles. The van der Waals surface area contributed by atoms with Crippen molar-refractivity contribution in [3.63, 3.8) is 0 Å². The summed E-state index contributed by atoms with van der Waals surface area (Å²) in [6.07, 6.45) is 0. The fourth-order valence-corrected chi connectivity index (χ4v) is 3.52. The summed E-state index contributed by atoms with van der Waals surface area (Å²) in [7, 11) is 1.63. The maximum Gasteiger partial charge on any atom is 0.282 e. The van der Waals surface area contributed by atoms with Crippen LogP contribution < -0.4 is 4.90 Å². The first-order valence-corrected chi connectivity index (χ1v) is 9.14. The van der Waals surface area contributed by atoms with Crippen molar-refractivity contribution in [2.75, 3.05) is 25.1 Å². The fraction of sp³-hybridized carbons (Fsp3) is 0.158. The lowest BCUT2D eigenvalue weighted by molar-refractivity contribution is -0.120. The van der Waals surface area contributed by atoms with E-state index in [0.29, 0.717) is 21.3 Å². The highest BCUT2D eigenvalue weighted by atomic mass is 35.5. The molecule has 0 bridgehead atoms. The second-order valence-electron chi connectivity index (χ2n) is 5.92.